The van der Waals surface area contributed by atoms with Gasteiger partial charge in [0.05, 0.1) is 17.9 Å². The monoisotopic (exact) mass is 388 g/mol. The lowest BCUT2D eigenvalue weighted by molar-refractivity contribution is 0.169. The molecule has 0 aliphatic carbocycles. The number of hydrogen-bond acceptors (Lipinski definition) is 5. The van der Waals surface area contributed by atoms with E-state index in [2.05, 4.69) is 27.2 Å². The topological polar surface area (TPSA) is 60.1 Å². The predicted octanol–water partition coefficient (Wildman–Crippen LogP) is 2.16. The standard InChI is InChI=1S/C20H29FN6O/c1-4-22-20(23-14-16-5-6-19(25(2)3)18(21)13-16)27-10-8-26(9-11-27)15-17-7-12-28-24-17/h5-7,12-13H,4,8-11,14-15H2,1-3H3,(H,22,23). The number of guanidine groups is 1. The molecule has 1 saturated heterocycles. The zero-order valence-corrected chi connectivity index (χ0v) is 16.9. The Morgan fingerprint density at radius 2 is 2.04 bits per heavy atom. The van der Waals surface area contributed by atoms with Crippen LogP contribution in [0.4, 0.5) is 10.1 Å². The number of piperazine rings is 1. The molecule has 2 heterocycles. The number of anilines is 1. The van der Waals surface area contributed by atoms with E-state index in [-0.39, 0.29) is 5.82 Å². The maximum Gasteiger partial charge on any atom is 0.194 e. The molecule has 1 fully saturated rings. The lowest BCUT2D eigenvalue weighted by atomic mass is 10.2. The summed E-state index contributed by atoms with van der Waals surface area (Å²) < 4.78 is 19.1. The summed E-state index contributed by atoms with van der Waals surface area (Å²) >= 11 is 0. The van der Waals surface area contributed by atoms with E-state index >= 15 is 0 Å². The van der Waals surface area contributed by atoms with E-state index in [0.29, 0.717) is 12.2 Å². The van der Waals surface area contributed by atoms with Crippen LogP contribution in [0.5, 0.6) is 0 Å². The van der Waals surface area contributed by atoms with Gasteiger partial charge in [0.25, 0.3) is 0 Å². The molecule has 28 heavy (non-hydrogen) atoms. The summed E-state index contributed by atoms with van der Waals surface area (Å²) in [5.74, 6) is 0.657. The highest BCUT2D eigenvalue weighted by molar-refractivity contribution is 5.80. The Morgan fingerprint density at radius 1 is 1.25 bits per heavy atom. The van der Waals surface area contributed by atoms with Crippen molar-refractivity contribution >= 4 is 11.6 Å². The molecule has 1 aliphatic rings. The zero-order chi connectivity index (χ0) is 19.9. The molecule has 0 radical (unpaired) electrons. The van der Waals surface area contributed by atoms with E-state index in [0.717, 1.165) is 56.5 Å². The van der Waals surface area contributed by atoms with E-state index in [1.54, 1.807) is 23.3 Å². The van der Waals surface area contributed by atoms with Gasteiger partial charge in [-0.25, -0.2) is 9.38 Å². The van der Waals surface area contributed by atoms with Crippen LogP contribution >= 0.6 is 0 Å². The molecule has 2 aromatic rings. The van der Waals surface area contributed by atoms with Crippen molar-refractivity contribution < 1.29 is 8.91 Å². The molecule has 0 spiro atoms. The van der Waals surface area contributed by atoms with Gasteiger partial charge in [0.15, 0.2) is 5.96 Å². The molecule has 8 heteroatoms. The van der Waals surface area contributed by atoms with Crippen molar-refractivity contribution in [2.45, 2.75) is 20.0 Å². The van der Waals surface area contributed by atoms with Gasteiger partial charge in [-0.2, -0.15) is 0 Å². The molecule has 1 N–H and O–H groups in total. The van der Waals surface area contributed by atoms with Crippen LogP contribution in [0.2, 0.25) is 0 Å². The molecule has 0 bridgehead atoms. The average molecular weight is 388 g/mol. The van der Waals surface area contributed by atoms with Crippen LogP contribution < -0.4 is 10.2 Å². The molecule has 0 saturated carbocycles. The minimum Gasteiger partial charge on any atom is -0.375 e. The van der Waals surface area contributed by atoms with Crippen LogP contribution in [0.3, 0.4) is 0 Å². The van der Waals surface area contributed by atoms with Crippen LogP contribution in [0.1, 0.15) is 18.2 Å². The molecule has 7 nitrogen and oxygen atoms in total. The summed E-state index contributed by atoms with van der Waals surface area (Å²) in [7, 11) is 3.67. The average Bonchev–Trinajstić information content (AvgIpc) is 3.18. The van der Waals surface area contributed by atoms with Gasteiger partial charge < -0.3 is 19.6 Å². The number of nitrogens with zero attached hydrogens (tertiary/aromatic N) is 5. The van der Waals surface area contributed by atoms with Gasteiger partial charge in [0.2, 0.25) is 0 Å². The summed E-state index contributed by atoms with van der Waals surface area (Å²) in [5, 5.41) is 7.34. The summed E-state index contributed by atoms with van der Waals surface area (Å²) in [6, 6.07) is 7.20. The minimum atomic E-state index is -0.218. The van der Waals surface area contributed by atoms with Crippen LogP contribution in [0.25, 0.3) is 0 Å². The molecule has 1 aromatic carbocycles. The SMILES string of the molecule is CCNC(=NCc1ccc(N(C)C)c(F)c1)N1CCN(Cc2ccon2)CC1. The van der Waals surface area contributed by atoms with Crippen LogP contribution in [-0.4, -0.2) is 67.7 Å². The maximum absolute atomic E-state index is 14.2. The fourth-order valence-electron chi connectivity index (χ4n) is 3.27. The van der Waals surface area contributed by atoms with Crippen LogP contribution in [0, 0.1) is 5.82 Å². The van der Waals surface area contributed by atoms with E-state index < -0.39 is 0 Å². The van der Waals surface area contributed by atoms with Crippen molar-refractivity contribution in [2.75, 3.05) is 51.7 Å². The zero-order valence-electron chi connectivity index (χ0n) is 16.9. The Morgan fingerprint density at radius 3 is 2.64 bits per heavy atom. The lowest BCUT2D eigenvalue weighted by Crippen LogP contribution is -2.52. The Labute approximate surface area is 165 Å². The summed E-state index contributed by atoms with van der Waals surface area (Å²) in [4.78, 5) is 11.1. The molecule has 1 aliphatic heterocycles. The molecular weight excluding hydrogens is 359 g/mol. The van der Waals surface area contributed by atoms with Gasteiger partial charge >= 0.3 is 0 Å². The lowest BCUT2D eigenvalue weighted by Gasteiger charge is -2.36. The third-order valence-electron chi connectivity index (χ3n) is 4.79. The van der Waals surface area contributed by atoms with E-state index in [1.807, 2.05) is 26.2 Å². The van der Waals surface area contributed by atoms with Gasteiger partial charge in [0, 0.05) is 59.4 Å². The smallest absolute Gasteiger partial charge is 0.194 e. The molecule has 3 rings (SSSR count). The van der Waals surface area contributed by atoms with Crippen molar-refractivity contribution in [3.05, 3.63) is 47.6 Å². The van der Waals surface area contributed by atoms with Crippen molar-refractivity contribution in [1.82, 2.24) is 20.3 Å². The predicted molar refractivity (Wildman–Crippen MR) is 109 cm³/mol. The number of aliphatic imine (C=N–C) groups is 1. The van der Waals surface area contributed by atoms with Gasteiger partial charge in [-0.3, -0.25) is 4.90 Å². The maximum atomic E-state index is 14.2. The summed E-state index contributed by atoms with van der Waals surface area (Å²) in [6.45, 7) is 7.75. The normalized spacial score (nSPS) is 15.7. The third-order valence-corrected chi connectivity index (χ3v) is 4.79. The summed E-state index contributed by atoms with van der Waals surface area (Å²) in [5.41, 5.74) is 2.41. The number of benzene rings is 1. The first-order chi connectivity index (χ1) is 13.6. The van der Waals surface area contributed by atoms with Gasteiger partial charge in [-0.1, -0.05) is 11.2 Å². The van der Waals surface area contributed by atoms with Gasteiger partial charge in [-0.05, 0) is 24.6 Å². The highest BCUT2D eigenvalue weighted by atomic mass is 19.1. The third kappa shape index (κ3) is 5.22. The fraction of sp³-hybridized carbons (Fsp3) is 0.500. The van der Waals surface area contributed by atoms with E-state index in [9.17, 15) is 4.39 Å². The van der Waals surface area contributed by atoms with Gasteiger partial charge in [-0.15, -0.1) is 0 Å². The Kier molecular flexibility index (Phi) is 6.86. The molecular formula is C20H29FN6O. The fourth-order valence-corrected chi connectivity index (χ4v) is 3.27. The number of rotatable bonds is 6. The van der Waals surface area contributed by atoms with Crippen molar-refractivity contribution in [3.63, 3.8) is 0 Å². The highest BCUT2D eigenvalue weighted by Crippen LogP contribution is 2.19. The largest absolute Gasteiger partial charge is 0.375 e. The molecule has 152 valence electrons. The minimum absolute atomic E-state index is 0.218. The summed E-state index contributed by atoms with van der Waals surface area (Å²) in [6.07, 6.45) is 1.61. The van der Waals surface area contributed by atoms with Crippen LogP contribution in [-0.2, 0) is 13.1 Å². The van der Waals surface area contributed by atoms with Crippen molar-refractivity contribution in [2.24, 2.45) is 4.99 Å². The number of nitrogens with one attached hydrogen (secondary N) is 1. The second-order valence-corrected chi connectivity index (χ2v) is 7.10. The van der Waals surface area contributed by atoms with Gasteiger partial charge in [0.1, 0.15) is 12.1 Å². The Bertz CT molecular complexity index is 769. The van der Waals surface area contributed by atoms with E-state index in [1.165, 1.54) is 0 Å². The number of halogens is 1. The van der Waals surface area contributed by atoms with Crippen LogP contribution in [0.15, 0.2) is 40.0 Å². The molecule has 0 atom stereocenters. The first-order valence-corrected chi connectivity index (χ1v) is 9.67. The number of hydrogen-bond donors (Lipinski definition) is 1. The first-order valence-electron chi connectivity index (χ1n) is 9.67. The van der Waals surface area contributed by atoms with Crippen molar-refractivity contribution in [3.8, 4) is 0 Å². The number of aromatic nitrogens is 1. The quantitative estimate of drug-likeness (QED) is 0.605. The van der Waals surface area contributed by atoms with Crippen molar-refractivity contribution in [1.29, 1.82) is 0 Å². The Hall–Kier alpha value is -2.61. The second kappa shape index (κ2) is 9.54. The molecule has 0 amide bonds. The molecule has 0 unspecified atom stereocenters. The first kappa shape index (κ1) is 20.1. The second-order valence-electron chi connectivity index (χ2n) is 7.10. The highest BCUT2D eigenvalue weighted by Gasteiger charge is 2.20. The van der Waals surface area contributed by atoms with E-state index in [4.69, 9.17) is 9.52 Å². The molecule has 1 aromatic heterocycles. The Balaban J connectivity index is 1.59.